The van der Waals surface area contributed by atoms with Crippen molar-refractivity contribution < 1.29 is 13.2 Å². The molecule has 0 spiro atoms. The Labute approximate surface area is 125 Å². The number of aromatic amines is 1. The van der Waals surface area contributed by atoms with Gasteiger partial charge in [-0.15, -0.1) is 0 Å². The van der Waals surface area contributed by atoms with Gasteiger partial charge in [-0.2, -0.15) is 13.2 Å². The summed E-state index contributed by atoms with van der Waals surface area (Å²) in [5.74, 6) is 0. The van der Waals surface area contributed by atoms with Crippen LogP contribution in [-0.2, 0) is 6.18 Å². The summed E-state index contributed by atoms with van der Waals surface area (Å²) in [6.45, 7) is 5.00. The molecule has 1 aliphatic heterocycles. The van der Waals surface area contributed by atoms with Crippen LogP contribution in [0.2, 0.25) is 0 Å². The number of likely N-dealkylation sites (tertiary alicyclic amines) is 1. The summed E-state index contributed by atoms with van der Waals surface area (Å²) >= 11 is 0. The number of imidazole rings is 1. The third-order valence-electron chi connectivity index (χ3n) is 4.27. The number of nitrogens with zero attached hydrogens (tertiary/aromatic N) is 2. The molecule has 1 aromatic carbocycles. The van der Waals surface area contributed by atoms with Crippen molar-refractivity contribution in [2.45, 2.75) is 45.1 Å². The van der Waals surface area contributed by atoms with Crippen LogP contribution in [0, 0.1) is 0 Å². The molecule has 0 radical (unpaired) electrons. The third-order valence-corrected chi connectivity index (χ3v) is 4.27. The van der Waals surface area contributed by atoms with E-state index < -0.39 is 11.7 Å². The predicted molar refractivity (Wildman–Crippen MR) is 77.7 cm³/mol. The summed E-state index contributed by atoms with van der Waals surface area (Å²) in [7, 11) is 0. The molecule has 0 bridgehead atoms. The van der Waals surface area contributed by atoms with Crippen LogP contribution in [-0.4, -0.2) is 27.0 Å². The largest absolute Gasteiger partial charge is 0.416 e. The quantitative estimate of drug-likeness (QED) is 0.924. The molecule has 0 aliphatic carbocycles. The summed E-state index contributed by atoms with van der Waals surface area (Å²) in [6.07, 6.45) is -2.71. The second-order valence-electron chi connectivity index (χ2n) is 5.98. The lowest BCUT2D eigenvalue weighted by Gasteiger charge is -2.29. The molecule has 2 aromatic rings. The number of fused-ring (bicyclic) bond motifs is 1. The molecule has 1 fully saturated rings. The Balaban J connectivity index is 2.11. The maximum Gasteiger partial charge on any atom is 0.416 e. The van der Waals surface area contributed by atoms with Gasteiger partial charge in [-0.1, -0.05) is 0 Å². The molecule has 1 saturated heterocycles. The van der Waals surface area contributed by atoms with Crippen LogP contribution in [0.15, 0.2) is 23.0 Å². The number of H-pyrrole nitrogens is 1. The molecule has 3 rings (SSSR count). The van der Waals surface area contributed by atoms with E-state index >= 15 is 0 Å². The van der Waals surface area contributed by atoms with Crippen LogP contribution >= 0.6 is 0 Å². The van der Waals surface area contributed by atoms with E-state index in [4.69, 9.17) is 0 Å². The molecule has 0 saturated carbocycles. The maximum absolute atomic E-state index is 12.8. The molecule has 1 unspecified atom stereocenters. The second-order valence-corrected chi connectivity index (χ2v) is 5.98. The fourth-order valence-electron chi connectivity index (χ4n) is 3.25. The zero-order chi connectivity index (χ0) is 16.1. The van der Waals surface area contributed by atoms with Crippen molar-refractivity contribution in [3.8, 4) is 0 Å². The van der Waals surface area contributed by atoms with E-state index in [1.165, 1.54) is 6.07 Å². The van der Waals surface area contributed by atoms with Crippen LogP contribution in [0.25, 0.3) is 11.0 Å². The predicted octanol–water partition coefficient (Wildman–Crippen LogP) is 3.35. The minimum absolute atomic E-state index is 0.0991. The van der Waals surface area contributed by atoms with E-state index in [0.717, 1.165) is 31.5 Å². The first-order valence-electron chi connectivity index (χ1n) is 7.36. The van der Waals surface area contributed by atoms with Crippen molar-refractivity contribution in [2.24, 2.45) is 0 Å². The fourth-order valence-corrected chi connectivity index (χ4v) is 3.25. The third kappa shape index (κ3) is 2.43. The molecule has 1 aliphatic rings. The first-order valence-corrected chi connectivity index (χ1v) is 7.36. The monoisotopic (exact) mass is 313 g/mol. The summed E-state index contributed by atoms with van der Waals surface area (Å²) in [5.41, 5.74) is -0.349. The van der Waals surface area contributed by atoms with E-state index in [1.54, 1.807) is 4.57 Å². The maximum atomic E-state index is 12.8. The summed E-state index contributed by atoms with van der Waals surface area (Å²) in [6, 6.07) is 3.69. The molecular weight excluding hydrogens is 295 g/mol. The van der Waals surface area contributed by atoms with Gasteiger partial charge in [0.05, 0.1) is 22.8 Å². The zero-order valence-corrected chi connectivity index (χ0v) is 12.4. The molecule has 0 amide bonds. The van der Waals surface area contributed by atoms with Crippen molar-refractivity contribution in [3.63, 3.8) is 0 Å². The Morgan fingerprint density at radius 3 is 2.68 bits per heavy atom. The van der Waals surface area contributed by atoms with Gasteiger partial charge in [0.1, 0.15) is 0 Å². The lowest BCUT2D eigenvalue weighted by Crippen LogP contribution is -2.37. The Kier molecular flexibility index (Phi) is 3.55. The lowest BCUT2D eigenvalue weighted by atomic mass is 10.2. The number of aromatic nitrogens is 2. The average molecular weight is 313 g/mol. The number of nitrogens with one attached hydrogen (secondary N) is 1. The minimum Gasteiger partial charge on any atom is -0.305 e. The van der Waals surface area contributed by atoms with E-state index in [-0.39, 0.29) is 23.4 Å². The smallest absolute Gasteiger partial charge is 0.305 e. The SMILES string of the molecule is CC(C)N1CCCC1n1c(=O)[nH]c2cc(C(F)(F)F)ccc21. The lowest BCUT2D eigenvalue weighted by molar-refractivity contribution is -0.137. The van der Waals surface area contributed by atoms with Gasteiger partial charge in [0.15, 0.2) is 0 Å². The van der Waals surface area contributed by atoms with Gasteiger partial charge in [-0.05, 0) is 44.9 Å². The average Bonchev–Trinajstić information content (AvgIpc) is 2.99. The molecular formula is C15H18F3N3O. The van der Waals surface area contributed by atoms with Crippen LogP contribution < -0.4 is 5.69 Å². The highest BCUT2D eigenvalue weighted by Crippen LogP contribution is 2.33. The van der Waals surface area contributed by atoms with E-state index in [1.807, 2.05) is 0 Å². The summed E-state index contributed by atoms with van der Waals surface area (Å²) in [5, 5.41) is 0. The number of benzene rings is 1. The molecule has 4 nitrogen and oxygen atoms in total. The standard InChI is InChI=1S/C15H18F3N3O/c1-9(2)20-7-3-4-13(20)21-12-6-5-10(15(16,17)18)8-11(12)19-14(21)22/h5-6,8-9,13H,3-4,7H2,1-2H3,(H,19,22). The van der Waals surface area contributed by atoms with Crippen molar-refractivity contribution in [1.82, 2.24) is 14.5 Å². The summed E-state index contributed by atoms with van der Waals surface area (Å²) < 4.78 is 39.9. The number of halogens is 3. The molecule has 1 N–H and O–H groups in total. The van der Waals surface area contributed by atoms with E-state index in [0.29, 0.717) is 5.52 Å². The Hall–Kier alpha value is -1.76. The van der Waals surface area contributed by atoms with Crippen molar-refractivity contribution in [3.05, 3.63) is 34.2 Å². The van der Waals surface area contributed by atoms with Gasteiger partial charge in [0.25, 0.3) is 0 Å². The van der Waals surface area contributed by atoms with Gasteiger partial charge in [0.2, 0.25) is 0 Å². The Bertz CT molecular complexity index is 745. The van der Waals surface area contributed by atoms with E-state index in [2.05, 4.69) is 23.7 Å². The number of alkyl halides is 3. The highest BCUT2D eigenvalue weighted by molar-refractivity contribution is 5.76. The van der Waals surface area contributed by atoms with E-state index in [9.17, 15) is 18.0 Å². The van der Waals surface area contributed by atoms with Gasteiger partial charge in [-0.3, -0.25) is 9.47 Å². The first kappa shape index (κ1) is 15.1. The van der Waals surface area contributed by atoms with Gasteiger partial charge in [0, 0.05) is 12.6 Å². The highest BCUT2D eigenvalue weighted by Gasteiger charge is 2.33. The topological polar surface area (TPSA) is 41.0 Å². The molecule has 7 heteroatoms. The minimum atomic E-state index is -4.41. The first-order chi connectivity index (χ1) is 10.3. The fraction of sp³-hybridized carbons (Fsp3) is 0.533. The number of hydrogen-bond acceptors (Lipinski definition) is 2. The van der Waals surface area contributed by atoms with Gasteiger partial charge >= 0.3 is 11.9 Å². The van der Waals surface area contributed by atoms with Gasteiger partial charge in [-0.25, -0.2) is 4.79 Å². The normalized spacial score (nSPS) is 20.4. The van der Waals surface area contributed by atoms with Crippen LogP contribution in [0.4, 0.5) is 13.2 Å². The van der Waals surface area contributed by atoms with Crippen LogP contribution in [0.1, 0.15) is 38.4 Å². The number of hydrogen-bond donors (Lipinski definition) is 1. The zero-order valence-electron chi connectivity index (χ0n) is 12.4. The Morgan fingerprint density at radius 2 is 2.05 bits per heavy atom. The molecule has 1 aromatic heterocycles. The number of rotatable bonds is 2. The highest BCUT2D eigenvalue weighted by atomic mass is 19.4. The second kappa shape index (κ2) is 5.15. The van der Waals surface area contributed by atoms with Crippen molar-refractivity contribution in [1.29, 1.82) is 0 Å². The molecule has 120 valence electrons. The molecule has 2 heterocycles. The van der Waals surface area contributed by atoms with Crippen molar-refractivity contribution in [2.75, 3.05) is 6.54 Å². The summed E-state index contributed by atoms with van der Waals surface area (Å²) in [4.78, 5) is 17.0. The Morgan fingerprint density at radius 1 is 1.32 bits per heavy atom. The van der Waals surface area contributed by atoms with Crippen molar-refractivity contribution >= 4 is 11.0 Å². The van der Waals surface area contributed by atoms with Gasteiger partial charge < -0.3 is 4.98 Å². The molecule has 1 atom stereocenters. The molecule has 22 heavy (non-hydrogen) atoms. The van der Waals surface area contributed by atoms with Crippen LogP contribution in [0.3, 0.4) is 0 Å². The van der Waals surface area contributed by atoms with Crippen LogP contribution in [0.5, 0.6) is 0 Å².